The van der Waals surface area contributed by atoms with Crippen LogP contribution >= 0.6 is 24.0 Å². The first kappa shape index (κ1) is 18.9. The van der Waals surface area contributed by atoms with Gasteiger partial charge in [0, 0.05) is 33.4 Å². The number of likely N-dealkylation sites (tertiary alicyclic amines) is 1. The van der Waals surface area contributed by atoms with Gasteiger partial charge in [0.15, 0.2) is 5.96 Å². The minimum Gasteiger partial charge on any atom is -0.383 e. The Kier molecular flexibility index (Phi) is 11.6. The summed E-state index contributed by atoms with van der Waals surface area (Å²) in [6.07, 6.45) is 2.43. The lowest BCUT2D eigenvalue weighted by molar-refractivity contribution is 0.143. The summed E-state index contributed by atoms with van der Waals surface area (Å²) in [4.78, 5) is 6.81. The van der Waals surface area contributed by atoms with Crippen molar-refractivity contribution >= 4 is 29.9 Å². The number of nitrogens with two attached hydrogens (primary N) is 1. The number of rotatable bonds is 8. The summed E-state index contributed by atoms with van der Waals surface area (Å²) in [7, 11) is 3.40. The van der Waals surface area contributed by atoms with E-state index >= 15 is 0 Å². The summed E-state index contributed by atoms with van der Waals surface area (Å²) in [6.45, 7) is 5.00. The highest BCUT2D eigenvalue weighted by atomic mass is 127. The number of methoxy groups -OCH3 is 2. The van der Waals surface area contributed by atoms with E-state index in [1.807, 2.05) is 0 Å². The predicted octanol–water partition coefficient (Wildman–Crippen LogP) is 0.266. The van der Waals surface area contributed by atoms with Crippen molar-refractivity contribution in [3.8, 4) is 0 Å². The lowest BCUT2D eigenvalue weighted by Crippen LogP contribution is -2.38. The van der Waals surface area contributed by atoms with Crippen molar-refractivity contribution in [1.82, 2.24) is 10.2 Å². The molecule has 1 unspecified atom stereocenters. The molecule has 0 aromatic heterocycles. The molecule has 0 aromatic carbocycles. The average Bonchev–Trinajstić information content (AvgIpc) is 2.81. The van der Waals surface area contributed by atoms with Crippen molar-refractivity contribution in [2.45, 2.75) is 18.9 Å². The largest absolute Gasteiger partial charge is 0.383 e. The van der Waals surface area contributed by atoms with Crippen molar-refractivity contribution in [3.63, 3.8) is 0 Å². The van der Waals surface area contributed by atoms with Gasteiger partial charge in [-0.25, -0.2) is 0 Å². The number of hydrogen-bond donors (Lipinski definition) is 2. The maximum absolute atomic E-state index is 5.78. The average molecular weight is 386 g/mol. The van der Waals surface area contributed by atoms with Crippen LogP contribution in [-0.4, -0.2) is 70.5 Å². The third-order valence-corrected chi connectivity index (χ3v) is 3.17. The van der Waals surface area contributed by atoms with Crippen LogP contribution in [0.4, 0.5) is 0 Å². The van der Waals surface area contributed by atoms with Gasteiger partial charge in [-0.1, -0.05) is 0 Å². The molecular formula is C12H27IN4O2. The van der Waals surface area contributed by atoms with Crippen molar-refractivity contribution < 1.29 is 9.47 Å². The molecule has 0 saturated carbocycles. The Labute approximate surface area is 133 Å². The SMILES string of the molecule is COCCNC(N)=NCC1CCCN1CCOC.I. The molecule has 0 amide bonds. The van der Waals surface area contributed by atoms with E-state index in [4.69, 9.17) is 15.2 Å². The maximum Gasteiger partial charge on any atom is 0.188 e. The van der Waals surface area contributed by atoms with Crippen molar-refractivity contribution in [2.24, 2.45) is 10.7 Å². The third kappa shape index (κ3) is 7.91. The number of halogens is 1. The summed E-state index contributed by atoms with van der Waals surface area (Å²) < 4.78 is 10.1. The molecule has 1 atom stereocenters. The summed E-state index contributed by atoms with van der Waals surface area (Å²) >= 11 is 0. The first-order valence-corrected chi connectivity index (χ1v) is 6.53. The van der Waals surface area contributed by atoms with Crippen LogP contribution in [-0.2, 0) is 9.47 Å². The zero-order valence-electron chi connectivity index (χ0n) is 11.9. The highest BCUT2D eigenvalue weighted by Gasteiger charge is 2.23. The summed E-state index contributed by atoms with van der Waals surface area (Å²) in [5.74, 6) is 0.505. The summed E-state index contributed by atoms with van der Waals surface area (Å²) in [5, 5.41) is 3.03. The Morgan fingerprint density at radius 3 is 2.79 bits per heavy atom. The third-order valence-electron chi connectivity index (χ3n) is 3.17. The van der Waals surface area contributed by atoms with Gasteiger partial charge in [0.05, 0.1) is 19.8 Å². The highest BCUT2D eigenvalue weighted by molar-refractivity contribution is 14.0. The Morgan fingerprint density at radius 2 is 2.11 bits per heavy atom. The zero-order valence-corrected chi connectivity index (χ0v) is 14.3. The quantitative estimate of drug-likeness (QED) is 0.271. The minimum absolute atomic E-state index is 0. The van der Waals surface area contributed by atoms with Crippen molar-refractivity contribution in [1.29, 1.82) is 0 Å². The van der Waals surface area contributed by atoms with Gasteiger partial charge in [-0.05, 0) is 19.4 Å². The second-order valence-corrected chi connectivity index (χ2v) is 4.47. The number of aliphatic imine (C=N–C) groups is 1. The molecule has 0 radical (unpaired) electrons. The predicted molar refractivity (Wildman–Crippen MR) is 88.3 cm³/mol. The fourth-order valence-electron chi connectivity index (χ4n) is 2.15. The number of hydrogen-bond acceptors (Lipinski definition) is 4. The van der Waals surface area contributed by atoms with Crippen molar-refractivity contribution in [2.75, 3.05) is 53.6 Å². The van der Waals surface area contributed by atoms with E-state index in [2.05, 4.69) is 15.2 Å². The smallest absolute Gasteiger partial charge is 0.188 e. The van der Waals surface area contributed by atoms with E-state index in [9.17, 15) is 0 Å². The molecule has 0 aliphatic carbocycles. The topological polar surface area (TPSA) is 72.1 Å². The molecule has 1 rings (SSSR count). The number of ether oxygens (including phenoxy) is 2. The van der Waals surface area contributed by atoms with E-state index < -0.39 is 0 Å². The normalized spacial score (nSPS) is 20.3. The van der Waals surface area contributed by atoms with Gasteiger partial charge in [-0.3, -0.25) is 9.89 Å². The van der Waals surface area contributed by atoms with Crippen LogP contribution in [0.5, 0.6) is 0 Å². The van der Waals surface area contributed by atoms with Crippen LogP contribution in [0.15, 0.2) is 4.99 Å². The van der Waals surface area contributed by atoms with Gasteiger partial charge in [-0.2, -0.15) is 0 Å². The molecule has 114 valence electrons. The second-order valence-electron chi connectivity index (χ2n) is 4.47. The molecular weight excluding hydrogens is 359 g/mol. The lowest BCUT2D eigenvalue weighted by atomic mass is 10.2. The standard InChI is InChI=1S/C12H26N4O2.HI/c1-17-8-5-14-12(13)15-10-11-4-3-6-16(11)7-9-18-2;/h11H,3-10H2,1-2H3,(H3,13,14,15);1H. The number of guanidine groups is 1. The van der Waals surface area contributed by atoms with E-state index in [0.29, 0.717) is 25.2 Å². The molecule has 1 heterocycles. The Morgan fingerprint density at radius 1 is 1.37 bits per heavy atom. The summed E-state index contributed by atoms with van der Waals surface area (Å²) in [5.41, 5.74) is 5.78. The molecule has 3 N–H and O–H groups in total. The fraction of sp³-hybridized carbons (Fsp3) is 0.917. The molecule has 0 aromatic rings. The van der Waals surface area contributed by atoms with Crippen LogP contribution in [0.3, 0.4) is 0 Å². The number of nitrogens with one attached hydrogen (secondary N) is 1. The molecule has 0 spiro atoms. The molecule has 1 saturated heterocycles. The molecule has 7 heteroatoms. The van der Waals surface area contributed by atoms with Crippen LogP contribution in [0, 0.1) is 0 Å². The monoisotopic (exact) mass is 386 g/mol. The molecule has 1 aliphatic heterocycles. The fourth-order valence-corrected chi connectivity index (χ4v) is 2.15. The van der Waals surface area contributed by atoms with Gasteiger partial charge in [0.1, 0.15) is 0 Å². The van der Waals surface area contributed by atoms with Gasteiger partial charge in [0.2, 0.25) is 0 Å². The first-order chi connectivity index (χ1) is 8.77. The van der Waals surface area contributed by atoms with Gasteiger partial charge in [0.25, 0.3) is 0 Å². The van der Waals surface area contributed by atoms with Crippen molar-refractivity contribution in [3.05, 3.63) is 0 Å². The minimum atomic E-state index is 0. The van der Waals surface area contributed by atoms with E-state index in [1.165, 1.54) is 12.8 Å². The summed E-state index contributed by atoms with van der Waals surface area (Å²) in [6, 6.07) is 0.503. The molecule has 6 nitrogen and oxygen atoms in total. The number of nitrogens with zero attached hydrogens (tertiary/aromatic N) is 2. The van der Waals surface area contributed by atoms with Crippen LogP contribution < -0.4 is 11.1 Å². The van der Waals surface area contributed by atoms with Crippen LogP contribution in [0.1, 0.15) is 12.8 Å². The van der Waals surface area contributed by atoms with Crippen LogP contribution in [0.25, 0.3) is 0 Å². The van der Waals surface area contributed by atoms with Gasteiger partial charge < -0.3 is 20.5 Å². The molecule has 1 fully saturated rings. The van der Waals surface area contributed by atoms with E-state index in [-0.39, 0.29) is 24.0 Å². The second kappa shape index (κ2) is 11.7. The van der Waals surface area contributed by atoms with E-state index in [0.717, 1.165) is 26.2 Å². The first-order valence-electron chi connectivity index (χ1n) is 6.53. The Balaban J connectivity index is 0.00000324. The zero-order chi connectivity index (χ0) is 13.2. The Bertz CT molecular complexity index is 254. The lowest BCUT2D eigenvalue weighted by Gasteiger charge is -2.22. The molecule has 1 aliphatic rings. The molecule has 19 heavy (non-hydrogen) atoms. The van der Waals surface area contributed by atoms with Gasteiger partial charge in [-0.15, -0.1) is 24.0 Å². The highest BCUT2D eigenvalue weighted by Crippen LogP contribution is 2.16. The maximum atomic E-state index is 5.78. The van der Waals surface area contributed by atoms with E-state index in [1.54, 1.807) is 14.2 Å². The van der Waals surface area contributed by atoms with Crippen LogP contribution in [0.2, 0.25) is 0 Å². The molecule has 0 bridgehead atoms. The van der Waals surface area contributed by atoms with Gasteiger partial charge >= 0.3 is 0 Å². The Hall–Kier alpha value is -0.120.